The van der Waals surface area contributed by atoms with Gasteiger partial charge in [0.1, 0.15) is 0 Å². The predicted octanol–water partition coefficient (Wildman–Crippen LogP) is 5.07. The summed E-state index contributed by atoms with van der Waals surface area (Å²) in [5.74, 6) is -0.329. The predicted molar refractivity (Wildman–Crippen MR) is 128 cm³/mol. The number of esters is 1. The highest BCUT2D eigenvalue weighted by molar-refractivity contribution is 5.95. The van der Waals surface area contributed by atoms with Crippen molar-refractivity contribution in [2.24, 2.45) is 0 Å². The molecule has 1 aliphatic heterocycles. The Morgan fingerprint density at radius 1 is 1.03 bits per heavy atom. The van der Waals surface area contributed by atoms with Gasteiger partial charge in [-0.1, -0.05) is 49.4 Å². The number of ether oxygens (including phenoxy) is 1. The number of aryl methyl sites for hydroxylation is 2. The summed E-state index contributed by atoms with van der Waals surface area (Å²) in [6.45, 7) is 7.51. The zero-order valence-electron chi connectivity index (χ0n) is 19.6. The Morgan fingerprint density at radius 2 is 1.73 bits per heavy atom. The third kappa shape index (κ3) is 4.85. The standard InChI is InChI=1S/C27H31N3O3/c1-4-20-10-12-21(13-11-20)25-18-24(27(32)33-5-2)28-30(25)22-14-16-29(17-15-22)26(31)23-9-7-6-8-19(23)3/h6-13,18,22H,4-5,14-17H2,1-3H3. The molecule has 0 bridgehead atoms. The first-order valence-corrected chi connectivity index (χ1v) is 11.7. The Morgan fingerprint density at radius 3 is 2.36 bits per heavy atom. The normalized spacial score (nSPS) is 14.3. The molecule has 6 nitrogen and oxygen atoms in total. The van der Waals surface area contributed by atoms with Crippen molar-refractivity contribution in [3.05, 3.63) is 77.0 Å². The SMILES string of the molecule is CCOC(=O)c1cc(-c2ccc(CC)cc2)n(C2CCN(C(=O)c3ccccc3C)CC2)n1. The second kappa shape index (κ2) is 10.0. The lowest BCUT2D eigenvalue weighted by atomic mass is 10.0. The molecular formula is C27H31N3O3. The van der Waals surface area contributed by atoms with Crippen LogP contribution < -0.4 is 0 Å². The summed E-state index contributed by atoms with van der Waals surface area (Å²) < 4.78 is 7.16. The van der Waals surface area contributed by atoms with Crippen LogP contribution in [-0.4, -0.2) is 46.3 Å². The van der Waals surface area contributed by atoms with Crippen molar-refractivity contribution in [1.82, 2.24) is 14.7 Å². The number of piperidine rings is 1. The number of nitrogens with zero attached hydrogens (tertiary/aromatic N) is 3. The smallest absolute Gasteiger partial charge is 0.358 e. The Hall–Kier alpha value is -3.41. The second-order valence-electron chi connectivity index (χ2n) is 8.47. The Bertz CT molecular complexity index is 1130. The molecule has 0 radical (unpaired) electrons. The van der Waals surface area contributed by atoms with Crippen molar-refractivity contribution < 1.29 is 14.3 Å². The maximum absolute atomic E-state index is 13.0. The number of benzene rings is 2. The molecule has 6 heteroatoms. The van der Waals surface area contributed by atoms with E-state index < -0.39 is 5.97 Å². The van der Waals surface area contributed by atoms with Crippen molar-refractivity contribution in [2.45, 2.75) is 46.1 Å². The molecule has 1 saturated heterocycles. The van der Waals surface area contributed by atoms with Gasteiger partial charge in [0.2, 0.25) is 0 Å². The van der Waals surface area contributed by atoms with Crippen LogP contribution in [0.25, 0.3) is 11.3 Å². The first kappa shape index (κ1) is 22.8. The van der Waals surface area contributed by atoms with Crippen LogP contribution in [0.3, 0.4) is 0 Å². The maximum atomic E-state index is 13.0. The van der Waals surface area contributed by atoms with E-state index in [0.717, 1.165) is 41.6 Å². The molecule has 0 aliphatic carbocycles. The van der Waals surface area contributed by atoms with Crippen molar-refractivity contribution in [1.29, 1.82) is 0 Å². The van der Waals surface area contributed by atoms with Crippen LogP contribution in [0.2, 0.25) is 0 Å². The van der Waals surface area contributed by atoms with Gasteiger partial charge >= 0.3 is 5.97 Å². The van der Waals surface area contributed by atoms with E-state index in [1.54, 1.807) is 6.92 Å². The molecule has 1 amide bonds. The number of rotatable bonds is 6. The van der Waals surface area contributed by atoms with Crippen LogP contribution >= 0.6 is 0 Å². The molecule has 1 fully saturated rings. The average molecular weight is 446 g/mol. The molecule has 1 aromatic heterocycles. The molecule has 0 atom stereocenters. The van der Waals surface area contributed by atoms with E-state index in [2.05, 4.69) is 36.3 Å². The molecule has 4 rings (SSSR count). The Balaban J connectivity index is 1.57. The molecular weight excluding hydrogens is 414 g/mol. The summed E-state index contributed by atoms with van der Waals surface area (Å²) in [4.78, 5) is 27.3. The van der Waals surface area contributed by atoms with Crippen LogP contribution in [0, 0.1) is 6.92 Å². The van der Waals surface area contributed by atoms with Crippen LogP contribution in [0.1, 0.15) is 64.7 Å². The van der Waals surface area contributed by atoms with Crippen LogP contribution in [0.4, 0.5) is 0 Å². The van der Waals surface area contributed by atoms with E-state index in [-0.39, 0.29) is 11.9 Å². The number of hydrogen-bond acceptors (Lipinski definition) is 4. The summed E-state index contributed by atoms with van der Waals surface area (Å²) in [5, 5.41) is 4.65. The lowest BCUT2D eigenvalue weighted by Gasteiger charge is -2.33. The largest absolute Gasteiger partial charge is 0.461 e. The molecule has 0 unspecified atom stereocenters. The van der Waals surface area contributed by atoms with Gasteiger partial charge in [0.15, 0.2) is 5.69 Å². The molecule has 0 saturated carbocycles. The minimum atomic E-state index is -0.408. The number of amides is 1. The average Bonchev–Trinajstić information content (AvgIpc) is 3.30. The summed E-state index contributed by atoms with van der Waals surface area (Å²) in [6, 6.07) is 18.0. The van der Waals surface area contributed by atoms with Gasteiger partial charge in [0.25, 0.3) is 5.91 Å². The number of aromatic nitrogens is 2. The van der Waals surface area contributed by atoms with E-state index in [1.807, 2.05) is 46.8 Å². The first-order chi connectivity index (χ1) is 16.0. The van der Waals surface area contributed by atoms with Crippen molar-refractivity contribution in [3.63, 3.8) is 0 Å². The van der Waals surface area contributed by atoms with Crippen LogP contribution in [0.15, 0.2) is 54.6 Å². The zero-order chi connectivity index (χ0) is 23.4. The monoisotopic (exact) mass is 445 g/mol. The van der Waals surface area contributed by atoms with Gasteiger partial charge < -0.3 is 9.64 Å². The van der Waals surface area contributed by atoms with E-state index in [9.17, 15) is 9.59 Å². The van der Waals surface area contributed by atoms with E-state index in [1.165, 1.54) is 5.56 Å². The van der Waals surface area contributed by atoms with E-state index >= 15 is 0 Å². The molecule has 33 heavy (non-hydrogen) atoms. The van der Waals surface area contributed by atoms with Crippen LogP contribution in [-0.2, 0) is 11.2 Å². The third-order valence-corrected chi connectivity index (χ3v) is 6.35. The highest BCUT2D eigenvalue weighted by atomic mass is 16.5. The van der Waals surface area contributed by atoms with Crippen molar-refractivity contribution in [2.75, 3.05) is 19.7 Å². The zero-order valence-corrected chi connectivity index (χ0v) is 19.6. The lowest BCUT2D eigenvalue weighted by molar-refractivity contribution is 0.0517. The molecule has 0 N–H and O–H groups in total. The van der Waals surface area contributed by atoms with Gasteiger partial charge in [-0.05, 0) is 61.9 Å². The Kier molecular flexibility index (Phi) is 6.92. The van der Waals surface area contributed by atoms with Crippen LogP contribution in [0.5, 0.6) is 0 Å². The minimum Gasteiger partial charge on any atom is -0.461 e. The molecule has 3 aromatic rings. The fraction of sp³-hybridized carbons (Fsp3) is 0.370. The number of hydrogen-bond donors (Lipinski definition) is 0. The van der Waals surface area contributed by atoms with Gasteiger partial charge in [-0.15, -0.1) is 0 Å². The molecule has 0 spiro atoms. The molecule has 2 aromatic carbocycles. The molecule has 1 aliphatic rings. The van der Waals surface area contributed by atoms with E-state index in [0.29, 0.717) is 25.4 Å². The highest BCUT2D eigenvalue weighted by Crippen LogP contribution is 2.30. The quantitative estimate of drug-likeness (QED) is 0.497. The third-order valence-electron chi connectivity index (χ3n) is 6.35. The van der Waals surface area contributed by atoms with Gasteiger partial charge in [0.05, 0.1) is 18.3 Å². The lowest BCUT2D eigenvalue weighted by Crippen LogP contribution is -2.39. The summed E-state index contributed by atoms with van der Waals surface area (Å²) >= 11 is 0. The fourth-order valence-electron chi connectivity index (χ4n) is 4.40. The minimum absolute atomic E-state index is 0.0783. The summed E-state index contributed by atoms with van der Waals surface area (Å²) in [6.07, 6.45) is 2.53. The number of likely N-dealkylation sites (tertiary alicyclic amines) is 1. The summed E-state index contributed by atoms with van der Waals surface area (Å²) in [7, 11) is 0. The maximum Gasteiger partial charge on any atom is 0.358 e. The fourth-order valence-corrected chi connectivity index (χ4v) is 4.40. The Labute approximate surface area is 195 Å². The van der Waals surface area contributed by atoms with Crippen molar-refractivity contribution >= 4 is 11.9 Å². The highest BCUT2D eigenvalue weighted by Gasteiger charge is 2.28. The topological polar surface area (TPSA) is 64.4 Å². The first-order valence-electron chi connectivity index (χ1n) is 11.7. The molecule has 2 heterocycles. The van der Waals surface area contributed by atoms with Gasteiger partial charge in [-0.3, -0.25) is 9.48 Å². The van der Waals surface area contributed by atoms with Gasteiger partial charge in [-0.25, -0.2) is 4.79 Å². The van der Waals surface area contributed by atoms with Crippen molar-refractivity contribution in [3.8, 4) is 11.3 Å². The number of carbonyl (C=O) groups excluding carboxylic acids is 2. The van der Waals surface area contributed by atoms with Gasteiger partial charge in [-0.2, -0.15) is 5.10 Å². The number of carbonyl (C=O) groups is 2. The van der Waals surface area contributed by atoms with Gasteiger partial charge in [0, 0.05) is 18.7 Å². The summed E-state index contributed by atoms with van der Waals surface area (Å²) in [5.41, 5.74) is 5.27. The van der Waals surface area contributed by atoms with E-state index in [4.69, 9.17) is 4.74 Å². The molecule has 172 valence electrons. The second-order valence-corrected chi connectivity index (χ2v) is 8.47.